The van der Waals surface area contributed by atoms with Gasteiger partial charge in [0.05, 0.1) is 24.7 Å². The monoisotopic (exact) mass is 362 g/mol. The number of nitrogens with one attached hydrogen (secondary N) is 2. The Kier molecular flexibility index (Phi) is 4.66. The van der Waals surface area contributed by atoms with Crippen LogP contribution in [-0.2, 0) is 16.0 Å². The van der Waals surface area contributed by atoms with Crippen molar-refractivity contribution in [2.45, 2.75) is 52.2 Å². The predicted octanol–water partition coefficient (Wildman–Crippen LogP) is 0.556. The smallest absolute Gasteiger partial charge is 0.276 e. The van der Waals surface area contributed by atoms with Crippen molar-refractivity contribution in [1.29, 1.82) is 0 Å². The highest BCUT2D eigenvalue weighted by atomic mass is 16.5. The number of rotatable bonds is 6. The molecule has 142 valence electrons. The fourth-order valence-corrected chi connectivity index (χ4v) is 3.78. The molecule has 8 nitrogen and oxygen atoms in total. The van der Waals surface area contributed by atoms with Crippen molar-refractivity contribution in [1.82, 2.24) is 19.9 Å². The number of aromatic amines is 1. The van der Waals surface area contributed by atoms with Gasteiger partial charge in [0.15, 0.2) is 5.65 Å². The number of aromatic nitrogens is 3. The van der Waals surface area contributed by atoms with Gasteiger partial charge in [-0.3, -0.25) is 14.7 Å². The maximum absolute atomic E-state index is 12.7. The molecular formula is C18H26N4O4. The molecule has 0 radical (unpaired) electrons. The molecule has 0 aromatic carbocycles. The Morgan fingerprint density at radius 2 is 2.27 bits per heavy atom. The topological polar surface area (TPSA) is 109 Å². The number of hydrogen-bond acceptors (Lipinski definition) is 5. The van der Waals surface area contributed by atoms with Gasteiger partial charge in [0, 0.05) is 42.0 Å². The molecule has 8 heteroatoms. The lowest BCUT2D eigenvalue weighted by Crippen LogP contribution is -2.74. The number of amides is 1. The molecule has 26 heavy (non-hydrogen) atoms. The predicted molar refractivity (Wildman–Crippen MR) is 96.0 cm³/mol. The van der Waals surface area contributed by atoms with Crippen LogP contribution in [0, 0.1) is 12.3 Å². The maximum Gasteiger partial charge on any atom is 0.276 e. The van der Waals surface area contributed by atoms with Gasteiger partial charge in [0.25, 0.3) is 5.56 Å². The highest BCUT2D eigenvalue weighted by Crippen LogP contribution is 2.51. The Morgan fingerprint density at radius 1 is 1.54 bits per heavy atom. The molecule has 1 saturated carbocycles. The number of fused-ring (bicyclic) bond motifs is 1. The number of carbonyl (C=O) groups excluding carboxylic acids is 1. The molecular weight excluding hydrogens is 336 g/mol. The van der Waals surface area contributed by atoms with E-state index in [4.69, 9.17) is 4.74 Å². The third-order valence-electron chi connectivity index (χ3n) is 5.77. The third-order valence-corrected chi connectivity index (χ3v) is 5.77. The lowest BCUT2D eigenvalue weighted by molar-refractivity contribution is -0.180. The summed E-state index contributed by atoms with van der Waals surface area (Å²) in [6.45, 7) is 7.99. The molecule has 3 N–H and O–H groups in total. The summed E-state index contributed by atoms with van der Waals surface area (Å²) in [6, 6.07) is 1.70. The van der Waals surface area contributed by atoms with Crippen molar-refractivity contribution in [3.63, 3.8) is 0 Å². The Labute approximate surface area is 151 Å². The summed E-state index contributed by atoms with van der Waals surface area (Å²) in [6.07, 6.45) is 2.06. The largest absolute Gasteiger partial charge is 0.394 e. The van der Waals surface area contributed by atoms with Crippen LogP contribution >= 0.6 is 0 Å². The maximum atomic E-state index is 12.7. The minimum absolute atomic E-state index is 0.0238. The average Bonchev–Trinajstić information content (AvgIpc) is 3.05. The highest BCUT2D eigenvalue weighted by molar-refractivity contribution is 5.80. The summed E-state index contributed by atoms with van der Waals surface area (Å²) in [4.78, 5) is 29.6. The standard InChI is InChI=1S/C18H26N4O4/c1-5-26-13-9-18(10-23,17(13,3)4)21-15(24)8-12-11(2)20-14-6-7-19-22(14)16(12)25/h6-7,13,19,23H,5,8-10H2,1-4H3,(H,21,24). The van der Waals surface area contributed by atoms with Gasteiger partial charge in [-0.2, -0.15) is 0 Å². The van der Waals surface area contributed by atoms with E-state index < -0.39 is 11.0 Å². The van der Waals surface area contributed by atoms with Crippen molar-refractivity contribution in [3.8, 4) is 0 Å². The lowest BCUT2D eigenvalue weighted by atomic mass is 9.54. The van der Waals surface area contributed by atoms with E-state index in [0.29, 0.717) is 29.9 Å². The molecule has 2 heterocycles. The Hall–Kier alpha value is -2.19. The SMILES string of the molecule is CCOC1CC(CO)(NC(=O)Cc2c(C)nc3cc[nH]n3c2=O)C1(C)C. The quantitative estimate of drug-likeness (QED) is 0.696. The number of aliphatic hydroxyl groups is 1. The van der Waals surface area contributed by atoms with Crippen LogP contribution in [-0.4, -0.2) is 50.5 Å². The number of H-pyrrole nitrogens is 1. The molecule has 0 aliphatic heterocycles. The van der Waals surface area contributed by atoms with Crippen LogP contribution in [0.25, 0.3) is 5.65 Å². The molecule has 1 aliphatic carbocycles. The second-order valence-corrected chi connectivity index (χ2v) is 7.47. The summed E-state index contributed by atoms with van der Waals surface area (Å²) in [5.41, 5.74) is -0.0530. The Bertz CT molecular complexity index is 885. The van der Waals surface area contributed by atoms with Crippen molar-refractivity contribution in [3.05, 3.63) is 33.9 Å². The van der Waals surface area contributed by atoms with Crippen LogP contribution in [0.2, 0.25) is 0 Å². The first-order valence-electron chi connectivity index (χ1n) is 8.85. The van der Waals surface area contributed by atoms with Crippen molar-refractivity contribution >= 4 is 11.6 Å². The fourth-order valence-electron chi connectivity index (χ4n) is 3.78. The van der Waals surface area contributed by atoms with Crippen LogP contribution in [0.3, 0.4) is 0 Å². The minimum atomic E-state index is -0.752. The van der Waals surface area contributed by atoms with E-state index in [0.717, 1.165) is 0 Å². The van der Waals surface area contributed by atoms with Crippen molar-refractivity contribution in [2.75, 3.05) is 13.2 Å². The number of aryl methyl sites for hydroxylation is 1. The van der Waals surface area contributed by atoms with Gasteiger partial charge < -0.3 is 15.2 Å². The zero-order valence-corrected chi connectivity index (χ0v) is 15.6. The molecule has 2 unspecified atom stereocenters. The van der Waals surface area contributed by atoms with Gasteiger partial charge in [0.2, 0.25) is 5.91 Å². The van der Waals surface area contributed by atoms with Gasteiger partial charge in [-0.15, -0.1) is 0 Å². The average molecular weight is 362 g/mol. The van der Waals surface area contributed by atoms with E-state index in [1.165, 1.54) is 4.52 Å². The summed E-state index contributed by atoms with van der Waals surface area (Å²) in [7, 11) is 0. The molecule has 1 amide bonds. The molecule has 2 atom stereocenters. The normalized spacial score (nSPS) is 24.4. The molecule has 2 aromatic rings. The Morgan fingerprint density at radius 3 is 2.88 bits per heavy atom. The number of nitrogens with zero attached hydrogens (tertiary/aromatic N) is 2. The van der Waals surface area contributed by atoms with Crippen LogP contribution < -0.4 is 10.9 Å². The molecule has 3 rings (SSSR count). The first-order valence-corrected chi connectivity index (χ1v) is 8.85. The fraction of sp³-hybridized carbons (Fsp3) is 0.611. The first-order chi connectivity index (χ1) is 12.3. The Balaban J connectivity index is 1.80. The molecule has 0 bridgehead atoms. The van der Waals surface area contributed by atoms with Crippen molar-refractivity contribution in [2.24, 2.45) is 5.41 Å². The second kappa shape index (κ2) is 6.51. The zero-order chi connectivity index (χ0) is 19.1. The highest BCUT2D eigenvalue weighted by Gasteiger charge is 2.61. The first kappa shape index (κ1) is 18.6. The lowest BCUT2D eigenvalue weighted by Gasteiger charge is -2.60. The molecule has 0 spiro atoms. The number of ether oxygens (including phenoxy) is 1. The van der Waals surface area contributed by atoms with Crippen LogP contribution in [0.1, 0.15) is 38.4 Å². The second-order valence-electron chi connectivity index (χ2n) is 7.47. The van der Waals surface area contributed by atoms with E-state index in [9.17, 15) is 14.7 Å². The van der Waals surface area contributed by atoms with E-state index in [-0.39, 0.29) is 30.6 Å². The molecule has 0 saturated heterocycles. The summed E-state index contributed by atoms with van der Waals surface area (Å²) in [5.74, 6) is -0.310. The third kappa shape index (κ3) is 2.73. The minimum Gasteiger partial charge on any atom is -0.394 e. The molecule has 2 aromatic heterocycles. The summed E-state index contributed by atoms with van der Waals surface area (Å²) >= 11 is 0. The van der Waals surface area contributed by atoms with Gasteiger partial charge in [-0.25, -0.2) is 9.50 Å². The number of hydrogen-bond donors (Lipinski definition) is 3. The van der Waals surface area contributed by atoms with Gasteiger partial charge >= 0.3 is 0 Å². The number of carbonyl (C=O) groups is 1. The van der Waals surface area contributed by atoms with E-state index >= 15 is 0 Å². The molecule has 1 fully saturated rings. The summed E-state index contributed by atoms with van der Waals surface area (Å²) in [5, 5.41) is 15.7. The van der Waals surface area contributed by atoms with Crippen molar-refractivity contribution < 1.29 is 14.6 Å². The van der Waals surface area contributed by atoms with E-state index in [1.807, 2.05) is 20.8 Å². The van der Waals surface area contributed by atoms with Crippen LogP contribution in [0.4, 0.5) is 0 Å². The van der Waals surface area contributed by atoms with Crippen LogP contribution in [0.5, 0.6) is 0 Å². The van der Waals surface area contributed by atoms with Gasteiger partial charge in [-0.05, 0) is 13.8 Å². The van der Waals surface area contributed by atoms with Gasteiger partial charge in [-0.1, -0.05) is 13.8 Å². The zero-order valence-electron chi connectivity index (χ0n) is 15.6. The summed E-state index contributed by atoms with van der Waals surface area (Å²) < 4.78 is 7.01. The van der Waals surface area contributed by atoms with E-state index in [1.54, 1.807) is 19.2 Å². The van der Waals surface area contributed by atoms with E-state index in [2.05, 4.69) is 15.4 Å². The van der Waals surface area contributed by atoms with Gasteiger partial charge in [0.1, 0.15) is 0 Å². The number of aliphatic hydroxyl groups excluding tert-OH is 1. The van der Waals surface area contributed by atoms with Crippen LogP contribution in [0.15, 0.2) is 17.1 Å². The molecule has 1 aliphatic rings.